The number of fused-ring (bicyclic) bond motifs is 1. The standard InChI is InChI=1S/C23H29N3O4/c1-17(18-6-7-21-22(14-18)30-13-12-29-21)24-23(27)16-25-8-10-26(11-9-25)19-4-3-5-20(15-19)28-2/h3-7,14-15,17H,8-13,16H2,1-2H3,(H,24,27)/t17-/m0/s1. The highest BCUT2D eigenvalue weighted by atomic mass is 16.6. The van der Waals surface area contributed by atoms with Gasteiger partial charge in [0, 0.05) is 37.9 Å². The molecule has 30 heavy (non-hydrogen) atoms. The van der Waals surface area contributed by atoms with Crippen molar-refractivity contribution in [1.82, 2.24) is 10.2 Å². The van der Waals surface area contributed by atoms with Gasteiger partial charge in [0.05, 0.1) is 19.7 Å². The lowest BCUT2D eigenvalue weighted by Gasteiger charge is -2.36. The number of benzene rings is 2. The van der Waals surface area contributed by atoms with Gasteiger partial charge < -0.3 is 24.4 Å². The lowest BCUT2D eigenvalue weighted by molar-refractivity contribution is -0.123. The van der Waals surface area contributed by atoms with E-state index in [1.54, 1.807) is 7.11 Å². The van der Waals surface area contributed by atoms with Crippen molar-refractivity contribution in [2.24, 2.45) is 0 Å². The fourth-order valence-corrected chi connectivity index (χ4v) is 3.87. The van der Waals surface area contributed by atoms with E-state index in [1.165, 1.54) is 0 Å². The molecule has 2 heterocycles. The quantitative estimate of drug-likeness (QED) is 0.788. The van der Waals surface area contributed by atoms with Gasteiger partial charge in [-0.05, 0) is 36.8 Å². The normalized spacial score (nSPS) is 17.3. The molecule has 1 saturated heterocycles. The van der Waals surface area contributed by atoms with Gasteiger partial charge in [-0.1, -0.05) is 12.1 Å². The van der Waals surface area contributed by atoms with Crippen molar-refractivity contribution < 1.29 is 19.0 Å². The second-order valence-corrected chi connectivity index (χ2v) is 7.66. The van der Waals surface area contributed by atoms with Crippen LogP contribution in [0.25, 0.3) is 0 Å². The highest BCUT2D eigenvalue weighted by molar-refractivity contribution is 5.78. The van der Waals surface area contributed by atoms with Gasteiger partial charge in [-0.2, -0.15) is 0 Å². The van der Waals surface area contributed by atoms with E-state index in [4.69, 9.17) is 14.2 Å². The molecule has 0 unspecified atom stereocenters. The Morgan fingerprint density at radius 1 is 1.07 bits per heavy atom. The molecule has 4 rings (SSSR count). The molecule has 0 radical (unpaired) electrons. The van der Waals surface area contributed by atoms with Crippen LogP contribution in [0, 0.1) is 0 Å². The molecule has 0 spiro atoms. The first-order chi connectivity index (χ1) is 14.6. The number of nitrogens with one attached hydrogen (secondary N) is 1. The number of rotatable bonds is 6. The first-order valence-electron chi connectivity index (χ1n) is 10.4. The molecule has 2 aliphatic rings. The Labute approximate surface area is 177 Å². The maximum absolute atomic E-state index is 12.6. The monoisotopic (exact) mass is 411 g/mol. The Kier molecular flexibility index (Phi) is 6.28. The summed E-state index contributed by atoms with van der Waals surface area (Å²) in [5, 5.41) is 3.10. The number of nitrogens with zero attached hydrogens (tertiary/aromatic N) is 2. The predicted molar refractivity (Wildman–Crippen MR) is 116 cm³/mol. The Morgan fingerprint density at radius 2 is 1.83 bits per heavy atom. The van der Waals surface area contributed by atoms with Crippen molar-refractivity contribution in [1.29, 1.82) is 0 Å². The first-order valence-corrected chi connectivity index (χ1v) is 10.4. The molecular weight excluding hydrogens is 382 g/mol. The van der Waals surface area contributed by atoms with Gasteiger partial charge in [-0.15, -0.1) is 0 Å². The van der Waals surface area contributed by atoms with Crippen molar-refractivity contribution >= 4 is 11.6 Å². The van der Waals surface area contributed by atoms with Crippen molar-refractivity contribution in [3.8, 4) is 17.2 Å². The van der Waals surface area contributed by atoms with Crippen molar-refractivity contribution in [2.75, 3.05) is 57.9 Å². The Bertz CT molecular complexity index is 881. The summed E-state index contributed by atoms with van der Waals surface area (Å²) in [6, 6.07) is 13.9. The minimum absolute atomic E-state index is 0.0345. The van der Waals surface area contributed by atoms with E-state index in [0.29, 0.717) is 19.8 Å². The second-order valence-electron chi connectivity index (χ2n) is 7.66. The van der Waals surface area contributed by atoms with Gasteiger partial charge in [0.1, 0.15) is 19.0 Å². The zero-order valence-corrected chi connectivity index (χ0v) is 17.6. The lowest BCUT2D eigenvalue weighted by atomic mass is 10.1. The number of piperazine rings is 1. The average Bonchev–Trinajstić information content (AvgIpc) is 2.79. The van der Waals surface area contributed by atoms with Gasteiger partial charge >= 0.3 is 0 Å². The van der Waals surface area contributed by atoms with Crippen molar-refractivity contribution in [3.63, 3.8) is 0 Å². The van der Waals surface area contributed by atoms with Crippen LogP contribution in [0.15, 0.2) is 42.5 Å². The van der Waals surface area contributed by atoms with Gasteiger partial charge in [-0.25, -0.2) is 0 Å². The number of anilines is 1. The van der Waals surface area contributed by atoms with E-state index in [2.05, 4.69) is 27.2 Å². The zero-order valence-electron chi connectivity index (χ0n) is 17.6. The highest BCUT2D eigenvalue weighted by Gasteiger charge is 2.21. The SMILES string of the molecule is COc1cccc(N2CCN(CC(=O)N[C@@H](C)c3ccc4c(c3)OCCO4)CC2)c1. The maximum atomic E-state index is 12.6. The summed E-state index contributed by atoms with van der Waals surface area (Å²) >= 11 is 0. The molecule has 1 atom stereocenters. The summed E-state index contributed by atoms with van der Waals surface area (Å²) in [5.74, 6) is 2.40. The van der Waals surface area contributed by atoms with E-state index >= 15 is 0 Å². The van der Waals surface area contributed by atoms with E-state index in [9.17, 15) is 4.79 Å². The molecule has 2 aromatic rings. The van der Waals surface area contributed by atoms with Gasteiger partial charge in [0.15, 0.2) is 11.5 Å². The summed E-state index contributed by atoms with van der Waals surface area (Å²) in [5.41, 5.74) is 2.17. The van der Waals surface area contributed by atoms with Crippen molar-refractivity contribution in [3.05, 3.63) is 48.0 Å². The third-order valence-corrected chi connectivity index (χ3v) is 5.60. The largest absolute Gasteiger partial charge is 0.497 e. The number of methoxy groups -OCH3 is 1. The fraction of sp³-hybridized carbons (Fsp3) is 0.435. The average molecular weight is 412 g/mol. The Hall–Kier alpha value is -2.93. The van der Waals surface area contributed by atoms with Crippen LogP contribution in [0.5, 0.6) is 17.2 Å². The maximum Gasteiger partial charge on any atom is 0.234 e. The summed E-state index contributed by atoms with van der Waals surface area (Å²) in [4.78, 5) is 17.1. The van der Waals surface area contributed by atoms with Crippen LogP contribution in [-0.2, 0) is 4.79 Å². The van der Waals surface area contributed by atoms with Gasteiger partial charge in [-0.3, -0.25) is 9.69 Å². The molecule has 0 bridgehead atoms. The number of amides is 1. The number of ether oxygens (including phenoxy) is 3. The van der Waals surface area contributed by atoms with Crippen LogP contribution < -0.4 is 24.4 Å². The molecule has 7 nitrogen and oxygen atoms in total. The Morgan fingerprint density at radius 3 is 2.60 bits per heavy atom. The summed E-state index contributed by atoms with van der Waals surface area (Å²) in [7, 11) is 1.68. The minimum Gasteiger partial charge on any atom is -0.497 e. The van der Waals surface area contributed by atoms with Crippen LogP contribution in [-0.4, -0.2) is 63.9 Å². The second kappa shape index (κ2) is 9.26. The predicted octanol–water partition coefficient (Wildman–Crippen LogP) is 2.47. The molecule has 1 N–H and O–H groups in total. The molecule has 160 valence electrons. The van der Waals surface area contributed by atoms with E-state index in [1.807, 2.05) is 37.3 Å². The summed E-state index contributed by atoms with van der Waals surface area (Å²) in [6.45, 7) is 7.00. The third kappa shape index (κ3) is 4.79. The van der Waals surface area contributed by atoms with Crippen LogP contribution in [0.3, 0.4) is 0 Å². The zero-order chi connectivity index (χ0) is 20.9. The van der Waals surface area contributed by atoms with E-state index < -0.39 is 0 Å². The van der Waals surface area contributed by atoms with Crippen molar-refractivity contribution in [2.45, 2.75) is 13.0 Å². The molecule has 1 amide bonds. The summed E-state index contributed by atoms with van der Waals surface area (Å²) < 4.78 is 16.5. The lowest BCUT2D eigenvalue weighted by Crippen LogP contribution is -2.49. The molecular formula is C23H29N3O4. The smallest absolute Gasteiger partial charge is 0.234 e. The van der Waals surface area contributed by atoms with E-state index in [0.717, 1.165) is 54.7 Å². The van der Waals surface area contributed by atoms with Crippen LogP contribution in [0.4, 0.5) is 5.69 Å². The number of hydrogen-bond acceptors (Lipinski definition) is 6. The molecule has 2 aromatic carbocycles. The Balaban J connectivity index is 1.26. The molecule has 0 aromatic heterocycles. The molecule has 7 heteroatoms. The highest BCUT2D eigenvalue weighted by Crippen LogP contribution is 2.32. The number of carbonyl (C=O) groups is 1. The molecule has 1 fully saturated rings. The topological polar surface area (TPSA) is 63.3 Å². The molecule has 2 aliphatic heterocycles. The first kappa shape index (κ1) is 20.3. The number of carbonyl (C=O) groups excluding carboxylic acids is 1. The number of hydrogen-bond donors (Lipinski definition) is 1. The van der Waals surface area contributed by atoms with Crippen LogP contribution >= 0.6 is 0 Å². The summed E-state index contributed by atoms with van der Waals surface area (Å²) in [6.07, 6.45) is 0. The van der Waals surface area contributed by atoms with Gasteiger partial charge in [0.25, 0.3) is 0 Å². The molecule has 0 saturated carbocycles. The van der Waals surface area contributed by atoms with Crippen LogP contribution in [0.2, 0.25) is 0 Å². The van der Waals surface area contributed by atoms with Gasteiger partial charge in [0.2, 0.25) is 5.91 Å². The minimum atomic E-state index is -0.0913. The van der Waals surface area contributed by atoms with E-state index in [-0.39, 0.29) is 11.9 Å². The third-order valence-electron chi connectivity index (χ3n) is 5.60. The van der Waals surface area contributed by atoms with Crippen LogP contribution in [0.1, 0.15) is 18.5 Å². The fourth-order valence-electron chi connectivity index (χ4n) is 3.87. The molecule has 0 aliphatic carbocycles.